The van der Waals surface area contributed by atoms with Crippen LogP contribution in [0.2, 0.25) is 0 Å². The van der Waals surface area contributed by atoms with E-state index in [2.05, 4.69) is 36.7 Å². The fraction of sp³-hybridized carbons (Fsp3) is 0.643. The zero-order valence-corrected chi connectivity index (χ0v) is 17.4. The fourth-order valence-electron chi connectivity index (χ4n) is 2.11. The Labute approximate surface area is 154 Å². The van der Waals surface area contributed by atoms with Gasteiger partial charge in [-0.2, -0.15) is 4.31 Å². The summed E-state index contributed by atoms with van der Waals surface area (Å²) in [6.45, 7) is 7.84. The molecule has 0 bridgehead atoms. The molecule has 1 aliphatic rings. The molecular formula is C14H21BrN2O3S3. The van der Waals surface area contributed by atoms with Crippen molar-refractivity contribution in [2.45, 2.75) is 29.7 Å². The first-order valence-electron chi connectivity index (χ1n) is 7.27. The molecule has 1 amide bonds. The van der Waals surface area contributed by atoms with E-state index in [-0.39, 0.29) is 10.7 Å². The Kier molecular flexibility index (Phi) is 6.21. The minimum Gasteiger partial charge on any atom is -0.339 e. The molecule has 0 unspecified atom stereocenters. The van der Waals surface area contributed by atoms with Gasteiger partial charge in [-0.25, -0.2) is 8.42 Å². The van der Waals surface area contributed by atoms with Crippen LogP contribution in [0.25, 0.3) is 0 Å². The zero-order valence-electron chi connectivity index (χ0n) is 13.4. The molecule has 23 heavy (non-hydrogen) atoms. The molecule has 0 aliphatic carbocycles. The summed E-state index contributed by atoms with van der Waals surface area (Å²) in [4.78, 5) is 14.0. The summed E-state index contributed by atoms with van der Waals surface area (Å²) >= 11 is 6.11. The first-order chi connectivity index (χ1) is 10.6. The van der Waals surface area contributed by atoms with Gasteiger partial charge in [-0.05, 0) is 28.1 Å². The minimum atomic E-state index is -3.45. The van der Waals surface area contributed by atoms with Crippen LogP contribution in [0.4, 0.5) is 0 Å². The number of thiophene rings is 1. The Balaban J connectivity index is 1.92. The average Bonchev–Trinajstić information content (AvgIpc) is 2.91. The van der Waals surface area contributed by atoms with Crippen LogP contribution in [-0.4, -0.2) is 60.2 Å². The van der Waals surface area contributed by atoms with Crippen LogP contribution in [0.3, 0.4) is 0 Å². The van der Waals surface area contributed by atoms with Crippen LogP contribution < -0.4 is 0 Å². The molecule has 1 fully saturated rings. The predicted molar refractivity (Wildman–Crippen MR) is 99.6 cm³/mol. The van der Waals surface area contributed by atoms with Gasteiger partial charge in [0.1, 0.15) is 4.21 Å². The van der Waals surface area contributed by atoms with E-state index in [4.69, 9.17) is 0 Å². The van der Waals surface area contributed by atoms with Gasteiger partial charge in [0.05, 0.1) is 9.54 Å². The molecule has 0 saturated carbocycles. The molecule has 9 heteroatoms. The minimum absolute atomic E-state index is 0.0490. The molecule has 1 aliphatic heterocycles. The maximum absolute atomic E-state index is 12.5. The van der Waals surface area contributed by atoms with Gasteiger partial charge in [0.15, 0.2) is 0 Å². The summed E-state index contributed by atoms with van der Waals surface area (Å²) in [5.74, 6) is 0.523. The number of halogens is 1. The highest BCUT2D eigenvalue weighted by atomic mass is 79.9. The maximum atomic E-state index is 12.5. The van der Waals surface area contributed by atoms with Gasteiger partial charge in [0.2, 0.25) is 5.91 Å². The largest absolute Gasteiger partial charge is 0.339 e. The highest BCUT2D eigenvalue weighted by molar-refractivity contribution is 9.11. The number of amides is 1. The summed E-state index contributed by atoms with van der Waals surface area (Å²) < 4.78 is 27.7. The maximum Gasteiger partial charge on any atom is 0.252 e. The first-order valence-corrected chi connectivity index (χ1v) is 11.3. The Hall–Kier alpha value is -0.0900. The summed E-state index contributed by atoms with van der Waals surface area (Å²) in [6.07, 6.45) is 0. The summed E-state index contributed by atoms with van der Waals surface area (Å²) in [5.41, 5.74) is 0. The number of hydrogen-bond donors (Lipinski definition) is 0. The van der Waals surface area contributed by atoms with Crippen molar-refractivity contribution in [3.05, 3.63) is 15.9 Å². The van der Waals surface area contributed by atoms with Crippen molar-refractivity contribution >= 4 is 55.0 Å². The van der Waals surface area contributed by atoms with E-state index in [1.807, 2.05) is 0 Å². The molecule has 2 heterocycles. The van der Waals surface area contributed by atoms with E-state index in [0.717, 1.165) is 3.79 Å². The lowest BCUT2D eigenvalue weighted by Crippen LogP contribution is -2.51. The molecule has 0 spiro atoms. The van der Waals surface area contributed by atoms with Gasteiger partial charge in [-0.3, -0.25) is 4.79 Å². The van der Waals surface area contributed by atoms with Crippen LogP contribution in [0, 0.1) is 0 Å². The van der Waals surface area contributed by atoms with Gasteiger partial charge in [-0.15, -0.1) is 23.1 Å². The van der Waals surface area contributed by atoms with Gasteiger partial charge in [0, 0.05) is 30.9 Å². The average molecular weight is 441 g/mol. The van der Waals surface area contributed by atoms with Crippen molar-refractivity contribution in [3.63, 3.8) is 0 Å². The van der Waals surface area contributed by atoms with Gasteiger partial charge < -0.3 is 4.90 Å². The van der Waals surface area contributed by atoms with Crippen molar-refractivity contribution in [1.82, 2.24) is 9.21 Å². The van der Waals surface area contributed by atoms with Gasteiger partial charge in [-0.1, -0.05) is 20.8 Å². The molecule has 0 N–H and O–H groups in total. The molecule has 2 rings (SSSR count). The highest BCUT2D eigenvalue weighted by Crippen LogP contribution is 2.29. The number of carbonyl (C=O) groups is 1. The van der Waals surface area contributed by atoms with Crippen LogP contribution in [-0.2, 0) is 14.8 Å². The van der Waals surface area contributed by atoms with E-state index in [1.165, 1.54) is 15.6 Å². The van der Waals surface area contributed by atoms with Crippen molar-refractivity contribution in [2.75, 3.05) is 31.9 Å². The van der Waals surface area contributed by atoms with Gasteiger partial charge >= 0.3 is 0 Å². The molecule has 0 atom stereocenters. The molecule has 0 radical (unpaired) electrons. The Morgan fingerprint density at radius 2 is 1.87 bits per heavy atom. The van der Waals surface area contributed by atoms with Crippen molar-refractivity contribution < 1.29 is 13.2 Å². The Bertz CT molecular complexity index is 659. The third-order valence-corrected chi connectivity index (χ3v) is 8.61. The topological polar surface area (TPSA) is 57.7 Å². The Morgan fingerprint density at radius 3 is 2.35 bits per heavy atom. The van der Waals surface area contributed by atoms with Crippen molar-refractivity contribution in [2.24, 2.45) is 0 Å². The second-order valence-corrected chi connectivity index (χ2v) is 12.7. The lowest BCUT2D eigenvalue weighted by atomic mass is 10.3. The number of piperazine rings is 1. The molecule has 1 aromatic rings. The second kappa shape index (κ2) is 7.43. The van der Waals surface area contributed by atoms with E-state index < -0.39 is 10.0 Å². The smallest absolute Gasteiger partial charge is 0.252 e. The van der Waals surface area contributed by atoms with E-state index >= 15 is 0 Å². The standard InChI is InChI=1S/C14H21BrN2O3S3/c1-14(2,3)21-10-12(18)16-6-8-17(9-7-16)23(19,20)13-5-4-11(15)22-13/h4-5H,6-10H2,1-3H3. The summed E-state index contributed by atoms with van der Waals surface area (Å²) in [6, 6.07) is 3.35. The number of nitrogens with zero attached hydrogens (tertiary/aromatic N) is 2. The number of rotatable bonds is 4. The third kappa shape index (κ3) is 5.19. The van der Waals surface area contributed by atoms with E-state index in [1.54, 1.807) is 28.8 Å². The molecule has 130 valence electrons. The lowest BCUT2D eigenvalue weighted by Gasteiger charge is -2.34. The monoisotopic (exact) mass is 440 g/mol. The van der Waals surface area contributed by atoms with Gasteiger partial charge in [0.25, 0.3) is 10.0 Å². The number of hydrogen-bond acceptors (Lipinski definition) is 5. The molecule has 1 saturated heterocycles. The van der Waals surface area contributed by atoms with Crippen LogP contribution in [0.1, 0.15) is 20.8 Å². The molecule has 1 aromatic heterocycles. The van der Waals surface area contributed by atoms with Crippen LogP contribution >= 0.6 is 39.0 Å². The lowest BCUT2D eigenvalue weighted by molar-refractivity contribution is -0.129. The fourth-order valence-corrected chi connectivity index (χ4v) is 6.44. The Morgan fingerprint density at radius 1 is 1.26 bits per heavy atom. The van der Waals surface area contributed by atoms with Crippen molar-refractivity contribution in [3.8, 4) is 0 Å². The predicted octanol–water partition coefficient (Wildman–Crippen LogP) is 2.88. The molecule has 0 aromatic carbocycles. The molecule has 5 nitrogen and oxygen atoms in total. The second-order valence-electron chi connectivity index (χ2n) is 6.24. The quantitative estimate of drug-likeness (QED) is 0.721. The highest BCUT2D eigenvalue weighted by Gasteiger charge is 2.31. The SMILES string of the molecule is CC(C)(C)SCC(=O)N1CCN(S(=O)(=O)c2ccc(Br)s2)CC1. The number of sulfonamides is 1. The first kappa shape index (κ1) is 19.2. The summed E-state index contributed by atoms with van der Waals surface area (Å²) in [7, 11) is -3.45. The third-order valence-electron chi connectivity index (χ3n) is 3.36. The number of carbonyl (C=O) groups excluding carboxylic acids is 1. The van der Waals surface area contributed by atoms with Crippen LogP contribution in [0.5, 0.6) is 0 Å². The van der Waals surface area contributed by atoms with E-state index in [0.29, 0.717) is 36.1 Å². The molecular weight excluding hydrogens is 420 g/mol. The van der Waals surface area contributed by atoms with E-state index in [9.17, 15) is 13.2 Å². The number of thioether (sulfide) groups is 1. The zero-order chi connectivity index (χ0) is 17.3. The van der Waals surface area contributed by atoms with Crippen LogP contribution in [0.15, 0.2) is 20.1 Å². The normalized spacial score (nSPS) is 17.5. The summed E-state index contributed by atoms with van der Waals surface area (Å²) in [5, 5.41) is 0. The van der Waals surface area contributed by atoms with Crippen molar-refractivity contribution in [1.29, 1.82) is 0 Å².